The minimum Gasteiger partial charge on any atom is -0.498 e. The lowest BCUT2D eigenvalue weighted by molar-refractivity contribution is -0.146. The van der Waals surface area contributed by atoms with Gasteiger partial charge in [-0.05, 0) is 37.5 Å². The van der Waals surface area contributed by atoms with Crippen molar-refractivity contribution in [2.45, 2.75) is 57.2 Å². The monoisotopic (exact) mass is 607 g/mol. The van der Waals surface area contributed by atoms with Crippen LogP contribution in [0.4, 0.5) is 0 Å². The number of carboxylic acid groups (broad SMARTS) is 1. The molecule has 2 aliphatic rings. The largest absolute Gasteiger partial charge is 0.498 e. The molecule has 1 aromatic carbocycles. The fourth-order valence-corrected chi connectivity index (χ4v) is 7.12. The van der Waals surface area contributed by atoms with Crippen molar-refractivity contribution in [2.24, 2.45) is 5.92 Å². The van der Waals surface area contributed by atoms with Crippen LogP contribution in [0.2, 0.25) is 0 Å². The maximum Gasteiger partial charge on any atom is 0.332 e. The molecule has 0 bridgehead atoms. The van der Waals surface area contributed by atoms with Crippen molar-refractivity contribution in [3.63, 3.8) is 0 Å². The smallest absolute Gasteiger partial charge is 0.332 e. The van der Waals surface area contributed by atoms with E-state index in [1.807, 2.05) is 37.3 Å². The van der Waals surface area contributed by atoms with Gasteiger partial charge in [0.25, 0.3) is 5.56 Å². The molecule has 0 amide bonds. The predicted molar refractivity (Wildman–Crippen MR) is 160 cm³/mol. The number of thiophene rings is 1. The highest BCUT2D eigenvalue weighted by atomic mass is 32.1. The number of carboxylic acids is 1. The second-order valence-electron chi connectivity index (χ2n) is 10.9. The van der Waals surface area contributed by atoms with Gasteiger partial charge in [-0.3, -0.25) is 18.7 Å². The fraction of sp³-hybridized carbons (Fsp3) is 0.419. The lowest BCUT2D eigenvalue weighted by atomic mass is 9.80. The number of para-hydroxylation sites is 1. The first kappa shape index (κ1) is 28.9. The number of ether oxygens (including phenoxy) is 3. The van der Waals surface area contributed by atoms with Gasteiger partial charge in [-0.2, -0.15) is 0 Å². The molecule has 43 heavy (non-hydrogen) atoms. The van der Waals surface area contributed by atoms with Crippen molar-refractivity contribution in [3.05, 3.63) is 81.0 Å². The van der Waals surface area contributed by atoms with Crippen LogP contribution in [0.15, 0.2) is 63.1 Å². The molecule has 226 valence electrons. The van der Waals surface area contributed by atoms with Gasteiger partial charge in [0.15, 0.2) is 0 Å². The molecule has 4 heterocycles. The van der Waals surface area contributed by atoms with Gasteiger partial charge < -0.3 is 23.7 Å². The molecule has 2 fully saturated rings. The van der Waals surface area contributed by atoms with Crippen LogP contribution >= 0.6 is 11.3 Å². The minimum atomic E-state index is -0.922. The first-order valence-corrected chi connectivity index (χ1v) is 15.1. The number of rotatable bonds is 10. The van der Waals surface area contributed by atoms with E-state index in [0.29, 0.717) is 45.5 Å². The molecule has 1 atom stereocenters. The maximum atomic E-state index is 14.2. The zero-order chi connectivity index (χ0) is 30.1. The summed E-state index contributed by atoms with van der Waals surface area (Å²) in [5, 5.41) is 9.86. The standard InChI is InChI=1S/C31H33N3O8S/c1-18-25-28(35)34(21-15-20(16-21)30(36)37)31(38)33(29(25)43-26(18)27-32-10-14-42-27)17-19(23-5-3-4-6-24(23)39-2)7-13-41-22-8-11-40-12-9-22/h3-7,10,13-14,19-22H,8-9,11-12,15-17H2,1-2H3,(H,36,37)/b13-7+. The lowest BCUT2D eigenvalue weighted by Crippen LogP contribution is -2.47. The van der Waals surface area contributed by atoms with Crippen molar-refractivity contribution in [1.82, 2.24) is 14.1 Å². The molecule has 0 spiro atoms. The summed E-state index contributed by atoms with van der Waals surface area (Å²) in [6, 6.07) is 7.10. The second-order valence-corrected chi connectivity index (χ2v) is 11.9. The average Bonchev–Trinajstić information content (AvgIpc) is 3.64. The van der Waals surface area contributed by atoms with Gasteiger partial charge in [-0.25, -0.2) is 9.78 Å². The van der Waals surface area contributed by atoms with Crippen molar-refractivity contribution >= 4 is 27.5 Å². The third kappa shape index (κ3) is 5.52. The van der Waals surface area contributed by atoms with Crippen LogP contribution in [0.5, 0.6) is 5.75 Å². The van der Waals surface area contributed by atoms with Crippen LogP contribution in [0.1, 0.15) is 48.8 Å². The molecule has 1 aliphatic heterocycles. The predicted octanol–water partition coefficient (Wildman–Crippen LogP) is 4.73. The number of oxazole rings is 1. The van der Waals surface area contributed by atoms with Gasteiger partial charge in [-0.15, -0.1) is 11.3 Å². The topological polar surface area (TPSA) is 135 Å². The van der Waals surface area contributed by atoms with E-state index in [-0.39, 0.29) is 31.4 Å². The van der Waals surface area contributed by atoms with Crippen molar-refractivity contribution in [3.8, 4) is 16.5 Å². The number of allylic oxidation sites excluding steroid dienone is 1. The number of aryl methyl sites for hydroxylation is 1. The van der Waals surface area contributed by atoms with Crippen molar-refractivity contribution in [1.29, 1.82) is 0 Å². The molecule has 1 saturated carbocycles. The van der Waals surface area contributed by atoms with Crippen LogP contribution in [-0.4, -0.2) is 51.6 Å². The Bertz CT molecular complexity index is 1760. The number of aromatic nitrogens is 3. The van der Waals surface area contributed by atoms with E-state index in [2.05, 4.69) is 4.98 Å². The summed E-state index contributed by atoms with van der Waals surface area (Å²) in [7, 11) is 1.60. The molecule has 12 heteroatoms. The van der Waals surface area contributed by atoms with Crippen molar-refractivity contribution in [2.75, 3.05) is 20.3 Å². The third-order valence-electron chi connectivity index (χ3n) is 8.37. The lowest BCUT2D eigenvalue weighted by Gasteiger charge is -2.33. The molecule has 11 nitrogen and oxygen atoms in total. The van der Waals surface area contributed by atoms with Crippen molar-refractivity contribution < 1.29 is 28.5 Å². The Kier molecular flexibility index (Phi) is 8.22. The molecule has 1 aliphatic carbocycles. The van der Waals surface area contributed by atoms with Crippen LogP contribution in [0.3, 0.4) is 0 Å². The molecular formula is C31H33N3O8S. The number of fused-ring (bicyclic) bond motifs is 1. The first-order valence-electron chi connectivity index (χ1n) is 14.3. The molecule has 6 rings (SSSR count). The molecule has 3 aromatic heterocycles. The van der Waals surface area contributed by atoms with Crippen LogP contribution in [0, 0.1) is 12.8 Å². The number of benzene rings is 1. The van der Waals surface area contributed by atoms with E-state index in [1.165, 1.54) is 28.4 Å². The summed E-state index contributed by atoms with van der Waals surface area (Å²) in [5.41, 5.74) is 0.607. The van der Waals surface area contributed by atoms with E-state index in [9.17, 15) is 19.5 Å². The summed E-state index contributed by atoms with van der Waals surface area (Å²) in [5.74, 6) is -0.840. The van der Waals surface area contributed by atoms with Crippen LogP contribution < -0.4 is 16.0 Å². The molecule has 4 aromatic rings. The SMILES string of the molecule is COc1ccccc1C(/C=C/OC1CCOCC1)Cn1c(=O)n(C2CC(C(=O)O)C2)c(=O)c2c(C)c(-c3ncco3)sc21. The maximum absolute atomic E-state index is 14.2. The molecule has 1 saturated heterocycles. The van der Waals surface area contributed by atoms with E-state index >= 15 is 0 Å². The molecule has 0 radical (unpaired) electrons. The average molecular weight is 608 g/mol. The molecular weight excluding hydrogens is 574 g/mol. The molecule has 1 unspecified atom stereocenters. The van der Waals surface area contributed by atoms with Gasteiger partial charge in [-0.1, -0.05) is 18.2 Å². The quantitative estimate of drug-likeness (QED) is 0.254. The summed E-state index contributed by atoms with van der Waals surface area (Å²) in [4.78, 5) is 45.1. The number of nitrogens with zero attached hydrogens (tertiary/aromatic N) is 3. The Morgan fingerprint density at radius 1 is 1.23 bits per heavy atom. The number of carbonyl (C=O) groups is 1. The number of hydrogen-bond acceptors (Lipinski definition) is 9. The van der Waals surface area contributed by atoms with Gasteiger partial charge in [0.05, 0.1) is 49.0 Å². The number of aliphatic carboxylic acids is 1. The highest BCUT2D eigenvalue weighted by Gasteiger charge is 2.38. The normalized spacial score (nSPS) is 19.9. The third-order valence-corrected chi connectivity index (χ3v) is 9.67. The molecule has 1 N–H and O–H groups in total. The Labute approximate surface area is 250 Å². The highest BCUT2D eigenvalue weighted by molar-refractivity contribution is 7.22. The van der Waals surface area contributed by atoms with Gasteiger partial charge in [0.2, 0.25) is 5.89 Å². The minimum absolute atomic E-state index is 0.0451. The van der Waals surface area contributed by atoms with E-state index in [0.717, 1.165) is 18.4 Å². The number of hydrogen-bond donors (Lipinski definition) is 1. The van der Waals surface area contributed by atoms with E-state index in [1.54, 1.807) is 17.9 Å². The first-order chi connectivity index (χ1) is 20.9. The zero-order valence-electron chi connectivity index (χ0n) is 23.9. The Balaban J connectivity index is 1.48. The zero-order valence-corrected chi connectivity index (χ0v) is 24.7. The highest BCUT2D eigenvalue weighted by Crippen LogP contribution is 2.39. The second kappa shape index (κ2) is 12.2. The van der Waals surface area contributed by atoms with E-state index < -0.39 is 29.2 Å². The van der Waals surface area contributed by atoms with Crippen LogP contribution in [-0.2, 0) is 20.8 Å². The van der Waals surface area contributed by atoms with E-state index in [4.69, 9.17) is 18.6 Å². The summed E-state index contributed by atoms with van der Waals surface area (Å²) in [6.07, 6.45) is 8.69. The Morgan fingerprint density at radius 2 is 2.00 bits per heavy atom. The Morgan fingerprint density at radius 3 is 2.70 bits per heavy atom. The van der Waals surface area contributed by atoms with Gasteiger partial charge >= 0.3 is 11.7 Å². The van der Waals surface area contributed by atoms with Gasteiger partial charge in [0.1, 0.15) is 22.9 Å². The number of methoxy groups -OCH3 is 1. The van der Waals surface area contributed by atoms with Crippen LogP contribution in [0.25, 0.3) is 21.0 Å². The summed E-state index contributed by atoms with van der Waals surface area (Å²) >= 11 is 1.28. The Hall–Kier alpha value is -4.16. The van der Waals surface area contributed by atoms with Gasteiger partial charge in [0, 0.05) is 36.9 Å². The summed E-state index contributed by atoms with van der Waals surface area (Å²) < 4.78 is 25.6. The summed E-state index contributed by atoms with van der Waals surface area (Å²) in [6.45, 7) is 3.30. The fourth-order valence-electron chi connectivity index (χ4n) is 5.88.